The maximum atomic E-state index is 12.1. The highest BCUT2D eigenvalue weighted by Gasteiger charge is 2.13. The van der Waals surface area contributed by atoms with Gasteiger partial charge in [-0.15, -0.1) is 0 Å². The molecule has 0 bridgehead atoms. The van der Waals surface area contributed by atoms with Crippen LogP contribution in [0.1, 0.15) is 44.7 Å². The smallest absolute Gasteiger partial charge is 0.119 e. The number of rotatable bonds is 10. The number of nitrogens with one attached hydrogen (secondary N) is 1. The Labute approximate surface area is 125 Å². The Morgan fingerprint density at radius 2 is 1.90 bits per heavy atom. The summed E-state index contributed by atoms with van der Waals surface area (Å²) in [6, 6.07) is 8.20. The molecule has 2 unspecified atom stereocenters. The summed E-state index contributed by atoms with van der Waals surface area (Å²) in [4.78, 5) is 0. The molecule has 0 radical (unpaired) electrons. The topological polar surface area (TPSA) is 38.3 Å². The quantitative estimate of drug-likeness (QED) is 0.674. The van der Waals surface area contributed by atoms with Crippen LogP contribution in [0.4, 0.5) is 0 Å². The van der Waals surface area contributed by atoms with E-state index in [1.165, 1.54) is 18.4 Å². The third-order valence-corrected chi connectivity index (χ3v) is 4.72. The third-order valence-electron chi connectivity index (χ3n) is 3.27. The fourth-order valence-corrected chi connectivity index (χ4v) is 3.52. The van der Waals surface area contributed by atoms with Gasteiger partial charge in [-0.05, 0) is 38.1 Å². The standard InChI is InChI=1S/C16H27NO2S/c1-4-6-7-12-20(18)13-16(17-3)14-8-10-15(11-9-14)19-5-2/h8-11,16-17H,4-7,12-13H2,1-3H3. The van der Waals surface area contributed by atoms with E-state index in [4.69, 9.17) is 4.74 Å². The minimum atomic E-state index is -0.754. The second-order valence-electron chi connectivity index (χ2n) is 4.86. The molecule has 0 amide bonds. The zero-order chi connectivity index (χ0) is 14.8. The molecular weight excluding hydrogens is 270 g/mol. The molecule has 1 aromatic rings. The predicted molar refractivity (Wildman–Crippen MR) is 86.8 cm³/mol. The Kier molecular flexibility index (Phi) is 8.54. The molecule has 0 aliphatic heterocycles. The minimum Gasteiger partial charge on any atom is -0.494 e. The van der Waals surface area contributed by atoms with E-state index in [2.05, 4.69) is 24.4 Å². The van der Waals surface area contributed by atoms with Gasteiger partial charge in [0.15, 0.2) is 0 Å². The molecule has 20 heavy (non-hydrogen) atoms. The summed E-state index contributed by atoms with van der Waals surface area (Å²) in [5, 5.41) is 3.26. The van der Waals surface area contributed by atoms with E-state index in [9.17, 15) is 4.21 Å². The Morgan fingerprint density at radius 3 is 2.45 bits per heavy atom. The van der Waals surface area contributed by atoms with Crippen molar-refractivity contribution >= 4 is 10.8 Å². The fraction of sp³-hybridized carbons (Fsp3) is 0.625. The zero-order valence-corrected chi connectivity index (χ0v) is 13.7. The first-order chi connectivity index (χ1) is 9.71. The minimum absolute atomic E-state index is 0.146. The fourth-order valence-electron chi connectivity index (χ4n) is 2.09. The molecule has 0 aliphatic rings. The van der Waals surface area contributed by atoms with Crippen molar-refractivity contribution in [3.05, 3.63) is 29.8 Å². The van der Waals surface area contributed by atoms with Crippen LogP contribution in [0.2, 0.25) is 0 Å². The van der Waals surface area contributed by atoms with E-state index in [0.29, 0.717) is 12.4 Å². The van der Waals surface area contributed by atoms with Crippen molar-refractivity contribution in [3.8, 4) is 5.75 Å². The van der Waals surface area contributed by atoms with E-state index < -0.39 is 10.8 Å². The van der Waals surface area contributed by atoms with Crippen LogP contribution in [0.3, 0.4) is 0 Å². The maximum absolute atomic E-state index is 12.1. The van der Waals surface area contributed by atoms with Crippen molar-refractivity contribution in [1.29, 1.82) is 0 Å². The van der Waals surface area contributed by atoms with Crippen LogP contribution in [0.25, 0.3) is 0 Å². The number of ether oxygens (including phenoxy) is 1. The van der Waals surface area contributed by atoms with Crippen molar-refractivity contribution in [2.45, 2.75) is 39.2 Å². The molecule has 1 N–H and O–H groups in total. The molecule has 2 atom stereocenters. The molecule has 0 heterocycles. The molecule has 1 aromatic carbocycles. The van der Waals surface area contributed by atoms with Gasteiger partial charge in [0.1, 0.15) is 5.75 Å². The Bertz CT molecular complexity index is 392. The number of benzene rings is 1. The molecule has 0 aromatic heterocycles. The molecule has 0 aliphatic carbocycles. The van der Waals surface area contributed by atoms with Gasteiger partial charge in [0.25, 0.3) is 0 Å². The van der Waals surface area contributed by atoms with Gasteiger partial charge in [-0.25, -0.2) is 0 Å². The second-order valence-corrected chi connectivity index (χ2v) is 6.48. The van der Waals surface area contributed by atoms with Gasteiger partial charge in [-0.2, -0.15) is 0 Å². The lowest BCUT2D eigenvalue weighted by molar-refractivity contribution is 0.340. The molecule has 114 valence electrons. The number of hydrogen-bond donors (Lipinski definition) is 1. The van der Waals surface area contributed by atoms with Gasteiger partial charge in [-0.3, -0.25) is 4.21 Å². The van der Waals surface area contributed by atoms with Crippen LogP contribution in [-0.4, -0.2) is 29.4 Å². The largest absolute Gasteiger partial charge is 0.494 e. The van der Waals surface area contributed by atoms with Crippen LogP contribution < -0.4 is 10.1 Å². The first-order valence-corrected chi connectivity index (χ1v) is 8.95. The van der Waals surface area contributed by atoms with Crippen molar-refractivity contribution in [1.82, 2.24) is 5.32 Å². The van der Waals surface area contributed by atoms with Crippen LogP contribution in [-0.2, 0) is 10.8 Å². The van der Waals surface area contributed by atoms with Crippen molar-refractivity contribution in [3.63, 3.8) is 0 Å². The molecule has 1 rings (SSSR count). The zero-order valence-electron chi connectivity index (χ0n) is 12.9. The highest BCUT2D eigenvalue weighted by atomic mass is 32.2. The summed E-state index contributed by atoms with van der Waals surface area (Å²) >= 11 is 0. The Balaban J connectivity index is 2.54. The van der Waals surface area contributed by atoms with E-state index >= 15 is 0 Å². The SMILES string of the molecule is CCCCCS(=O)CC(NC)c1ccc(OCC)cc1. The first-order valence-electron chi connectivity index (χ1n) is 7.46. The summed E-state index contributed by atoms with van der Waals surface area (Å²) in [5.41, 5.74) is 1.17. The summed E-state index contributed by atoms with van der Waals surface area (Å²) in [6.07, 6.45) is 3.40. The van der Waals surface area contributed by atoms with Crippen molar-refractivity contribution in [2.75, 3.05) is 25.2 Å². The van der Waals surface area contributed by atoms with Crippen molar-refractivity contribution < 1.29 is 8.95 Å². The van der Waals surface area contributed by atoms with E-state index in [0.717, 1.165) is 17.9 Å². The molecule has 0 spiro atoms. The van der Waals surface area contributed by atoms with Gasteiger partial charge in [0.05, 0.1) is 6.61 Å². The summed E-state index contributed by atoms with van der Waals surface area (Å²) < 4.78 is 17.5. The van der Waals surface area contributed by atoms with E-state index in [1.807, 2.05) is 26.1 Å². The summed E-state index contributed by atoms with van der Waals surface area (Å²) in [7, 11) is 1.17. The second kappa shape index (κ2) is 9.94. The molecule has 0 saturated carbocycles. The molecular formula is C16H27NO2S. The highest BCUT2D eigenvalue weighted by Crippen LogP contribution is 2.19. The van der Waals surface area contributed by atoms with Crippen LogP contribution >= 0.6 is 0 Å². The van der Waals surface area contributed by atoms with E-state index in [1.54, 1.807) is 0 Å². The third kappa shape index (κ3) is 6.06. The van der Waals surface area contributed by atoms with E-state index in [-0.39, 0.29) is 6.04 Å². The maximum Gasteiger partial charge on any atom is 0.119 e. The number of unbranched alkanes of at least 4 members (excludes halogenated alkanes) is 2. The molecule has 4 heteroatoms. The lowest BCUT2D eigenvalue weighted by atomic mass is 10.1. The van der Waals surface area contributed by atoms with Gasteiger partial charge in [0, 0.05) is 28.3 Å². The first kappa shape index (κ1) is 17.2. The van der Waals surface area contributed by atoms with Crippen LogP contribution in [0, 0.1) is 0 Å². The lowest BCUT2D eigenvalue weighted by Crippen LogP contribution is -2.23. The Hall–Kier alpha value is -0.870. The average Bonchev–Trinajstić information content (AvgIpc) is 2.46. The van der Waals surface area contributed by atoms with Crippen molar-refractivity contribution in [2.24, 2.45) is 0 Å². The lowest BCUT2D eigenvalue weighted by Gasteiger charge is -2.16. The van der Waals surface area contributed by atoms with Crippen LogP contribution in [0.15, 0.2) is 24.3 Å². The molecule has 0 fully saturated rings. The molecule has 0 saturated heterocycles. The molecule has 3 nitrogen and oxygen atoms in total. The van der Waals surface area contributed by atoms with Crippen LogP contribution in [0.5, 0.6) is 5.75 Å². The van der Waals surface area contributed by atoms with Gasteiger partial charge < -0.3 is 10.1 Å². The average molecular weight is 297 g/mol. The normalized spacial score (nSPS) is 13.9. The predicted octanol–water partition coefficient (Wildman–Crippen LogP) is 3.28. The number of hydrogen-bond acceptors (Lipinski definition) is 3. The summed E-state index contributed by atoms with van der Waals surface area (Å²) in [5.74, 6) is 2.37. The van der Waals surface area contributed by atoms with Gasteiger partial charge >= 0.3 is 0 Å². The van der Waals surface area contributed by atoms with Gasteiger partial charge in [-0.1, -0.05) is 31.9 Å². The highest BCUT2D eigenvalue weighted by molar-refractivity contribution is 7.85. The monoisotopic (exact) mass is 297 g/mol. The summed E-state index contributed by atoms with van der Waals surface area (Å²) in [6.45, 7) is 4.82. The Morgan fingerprint density at radius 1 is 1.20 bits per heavy atom. The van der Waals surface area contributed by atoms with Gasteiger partial charge in [0.2, 0.25) is 0 Å².